The number of nitro benzene ring substituents is 1. The Balaban J connectivity index is 1.48. The first-order chi connectivity index (χ1) is 15.9. The van der Waals surface area contributed by atoms with Crippen molar-refractivity contribution in [3.05, 3.63) is 88.2 Å². The van der Waals surface area contributed by atoms with Crippen molar-refractivity contribution in [3.8, 4) is 11.5 Å². The largest absolute Gasteiger partial charge is 0.485 e. The third-order valence-corrected chi connectivity index (χ3v) is 5.70. The van der Waals surface area contributed by atoms with E-state index in [1.165, 1.54) is 30.3 Å². The minimum absolute atomic E-state index is 0.0656. The number of hydrazine groups is 1. The van der Waals surface area contributed by atoms with E-state index < -0.39 is 28.7 Å². The zero-order chi connectivity index (χ0) is 23.4. The molecule has 0 aliphatic carbocycles. The highest BCUT2D eigenvalue weighted by Crippen LogP contribution is 2.34. The van der Waals surface area contributed by atoms with E-state index in [2.05, 4.69) is 10.9 Å². The topological polar surface area (TPSA) is 120 Å². The summed E-state index contributed by atoms with van der Waals surface area (Å²) in [7, 11) is 0. The highest BCUT2D eigenvalue weighted by molar-refractivity contribution is 7.99. The molecule has 0 spiro atoms. The van der Waals surface area contributed by atoms with E-state index in [1.807, 2.05) is 0 Å². The Labute approximate surface area is 191 Å². The molecule has 11 heteroatoms. The molecule has 0 saturated carbocycles. The Hall–Kier alpha value is -4.12. The van der Waals surface area contributed by atoms with Crippen LogP contribution in [0, 0.1) is 15.9 Å². The van der Waals surface area contributed by atoms with Crippen molar-refractivity contribution in [1.29, 1.82) is 0 Å². The summed E-state index contributed by atoms with van der Waals surface area (Å²) in [5, 5.41) is 11.2. The molecule has 3 aromatic carbocycles. The van der Waals surface area contributed by atoms with Crippen molar-refractivity contribution in [2.75, 3.05) is 6.61 Å². The molecule has 0 aromatic heterocycles. The molecule has 1 unspecified atom stereocenters. The summed E-state index contributed by atoms with van der Waals surface area (Å²) in [6.07, 6.45) is -1.02. The first-order valence-corrected chi connectivity index (χ1v) is 10.4. The second-order valence-electron chi connectivity index (χ2n) is 6.78. The monoisotopic (exact) mass is 469 g/mol. The second kappa shape index (κ2) is 9.57. The molecular formula is C22H16FN3O6S. The smallest absolute Gasteiger partial charge is 0.283 e. The van der Waals surface area contributed by atoms with E-state index in [4.69, 9.17) is 9.47 Å². The van der Waals surface area contributed by atoms with Crippen LogP contribution in [0.2, 0.25) is 0 Å². The lowest BCUT2D eigenvalue weighted by molar-refractivity contribution is -0.384. The molecule has 33 heavy (non-hydrogen) atoms. The van der Waals surface area contributed by atoms with E-state index in [0.29, 0.717) is 11.5 Å². The summed E-state index contributed by atoms with van der Waals surface area (Å²) >= 11 is 0.928. The van der Waals surface area contributed by atoms with Crippen LogP contribution in [0.4, 0.5) is 10.1 Å². The fraction of sp³-hybridized carbons (Fsp3) is 0.0909. The number of hydrogen-bond donors (Lipinski definition) is 2. The lowest BCUT2D eigenvalue weighted by Gasteiger charge is -2.25. The Morgan fingerprint density at radius 3 is 2.48 bits per heavy atom. The molecule has 3 aromatic rings. The van der Waals surface area contributed by atoms with Crippen LogP contribution in [0.5, 0.6) is 11.5 Å². The predicted octanol–water partition coefficient (Wildman–Crippen LogP) is 3.49. The van der Waals surface area contributed by atoms with Crippen molar-refractivity contribution in [2.24, 2.45) is 0 Å². The van der Waals surface area contributed by atoms with E-state index in [1.54, 1.807) is 30.3 Å². The maximum absolute atomic E-state index is 14.1. The number of carbonyl (C=O) groups is 2. The molecule has 0 bridgehead atoms. The van der Waals surface area contributed by atoms with Crippen LogP contribution in [-0.2, 0) is 4.79 Å². The van der Waals surface area contributed by atoms with Crippen LogP contribution in [0.1, 0.15) is 10.4 Å². The minimum Gasteiger partial charge on any atom is -0.485 e. The molecule has 2 N–H and O–H groups in total. The molecule has 1 heterocycles. The molecule has 1 aliphatic rings. The number of amides is 2. The van der Waals surface area contributed by atoms with Crippen molar-refractivity contribution < 1.29 is 28.4 Å². The Morgan fingerprint density at radius 1 is 1.00 bits per heavy atom. The van der Waals surface area contributed by atoms with Crippen LogP contribution < -0.4 is 20.3 Å². The van der Waals surface area contributed by atoms with Gasteiger partial charge in [0.15, 0.2) is 11.5 Å². The van der Waals surface area contributed by atoms with Gasteiger partial charge in [0.2, 0.25) is 6.10 Å². The highest BCUT2D eigenvalue weighted by Gasteiger charge is 2.28. The Bertz CT molecular complexity index is 1240. The number of nitrogens with one attached hydrogen (secondary N) is 2. The van der Waals surface area contributed by atoms with Crippen molar-refractivity contribution in [2.45, 2.75) is 15.9 Å². The number of non-ortho nitro benzene ring substituents is 1. The maximum Gasteiger partial charge on any atom is 0.283 e. The number of fused-ring (bicyclic) bond motifs is 1. The van der Waals surface area contributed by atoms with Crippen molar-refractivity contribution >= 4 is 29.3 Å². The average molecular weight is 469 g/mol. The Kier molecular flexibility index (Phi) is 6.41. The fourth-order valence-corrected chi connectivity index (χ4v) is 3.91. The molecule has 9 nitrogen and oxygen atoms in total. The number of hydrogen-bond acceptors (Lipinski definition) is 7. The predicted molar refractivity (Wildman–Crippen MR) is 116 cm³/mol. The van der Waals surface area contributed by atoms with Gasteiger partial charge in [-0.05, 0) is 30.3 Å². The van der Waals surface area contributed by atoms with E-state index >= 15 is 0 Å². The van der Waals surface area contributed by atoms with Crippen LogP contribution in [0.25, 0.3) is 0 Å². The first-order valence-electron chi connectivity index (χ1n) is 9.62. The number of nitrogens with zero attached hydrogens (tertiary/aromatic N) is 1. The van der Waals surface area contributed by atoms with Gasteiger partial charge in [0.05, 0.1) is 10.5 Å². The van der Waals surface area contributed by atoms with Gasteiger partial charge in [0.1, 0.15) is 12.4 Å². The summed E-state index contributed by atoms with van der Waals surface area (Å²) in [5.41, 5.74) is 4.02. The zero-order valence-electron chi connectivity index (χ0n) is 16.8. The molecule has 2 amide bonds. The molecule has 1 aliphatic heterocycles. The van der Waals surface area contributed by atoms with E-state index in [9.17, 15) is 24.1 Å². The van der Waals surface area contributed by atoms with Gasteiger partial charge in [-0.25, -0.2) is 4.39 Å². The summed E-state index contributed by atoms with van der Waals surface area (Å²) in [6.45, 7) is -0.0656. The Morgan fingerprint density at radius 2 is 1.73 bits per heavy atom. The van der Waals surface area contributed by atoms with Crippen molar-refractivity contribution in [1.82, 2.24) is 10.9 Å². The van der Waals surface area contributed by atoms with E-state index in [0.717, 1.165) is 17.8 Å². The summed E-state index contributed by atoms with van der Waals surface area (Å²) in [4.78, 5) is 36.2. The quantitative estimate of drug-likeness (QED) is 0.434. The van der Waals surface area contributed by atoms with Crippen LogP contribution in [0.15, 0.2) is 76.5 Å². The van der Waals surface area contributed by atoms with Gasteiger partial charge >= 0.3 is 0 Å². The molecule has 0 saturated heterocycles. The standard InChI is InChI=1S/C22H16FN3O6S/c23-15-5-1-4-8-20(15)33-19-10-9-13(26(29)30)11-14(19)21(27)24-25-22(28)18-12-31-16-6-2-3-7-17(16)32-18/h1-11,18H,12H2,(H,24,27)(H,25,28). The number of carbonyl (C=O) groups excluding carboxylic acids is 2. The molecule has 168 valence electrons. The summed E-state index contributed by atoms with van der Waals surface area (Å²) in [6, 6.07) is 16.4. The number of para-hydroxylation sites is 2. The molecular weight excluding hydrogens is 453 g/mol. The zero-order valence-corrected chi connectivity index (χ0v) is 17.6. The van der Waals surface area contributed by atoms with Gasteiger partial charge in [-0.1, -0.05) is 36.0 Å². The van der Waals surface area contributed by atoms with Crippen molar-refractivity contribution in [3.63, 3.8) is 0 Å². The number of ether oxygens (including phenoxy) is 2. The number of benzene rings is 3. The van der Waals surface area contributed by atoms with Gasteiger partial charge in [-0.15, -0.1) is 0 Å². The number of rotatable bonds is 5. The SMILES string of the molecule is O=C(NNC(=O)C1COc2ccccc2O1)c1cc([N+](=O)[O-])ccc1Sc1ccccc1F. The van der Waals surface area contributed by atoms with E-state index in [-0.39, 0.29) is 27.6 Å². The van der Waals surface area contributed by atoms with Crippen LogP contribution in [-0.4, -0.2) is 29.4 Å². The second-order valence-corrected chi connectivity index (χ2v) is 7.86. The summed E-state index contributed by atoms with van der Waals surface area (Å²) in [5.74, 6) is -1.11. The first kappa shape index (κ1) is 22.1. The van der Waals surface area contributed by atoms with Gasteiger partial charge in [-0.3, -0.25) is 30.6 Å². The number of halogens is 1. The maximum atomic E-state index is 14.1. The summed E-state index contributed by atoms with van der Waals surface area (Å²) < 4.78 is 25.1. The highest BCUT2D eigenvalue weighted by atomic mass is 32.2. The van der Waals surface area contributed by atoms with Crippen LogP contribution >= 0.6 is 11.8 Å². The van der Waals surface area contributed by atoms with Gasteiger partial charge in [-0.2, -0.15) is 0 Å². The minimum atomic E-state index is -1.02. The van der Waals surface area contributed by atoms with Gasteiger partial charge in [0, 0.05) is 21.9 Å². The lowest BCUT2D eigenvalue weighted by Crippen LogP contribution is -2.50. The molecule has 0 radical (unpaired) electrons. The number of nitro groups is 1. The molecule has 1 atom stereocenters. The van der Waals surface area contributed by atoms with Crippen LogP contribution in [0.3, 0.4) is 0 Å². The third kappa shape index (κ3) is 5.04. The molecule has 4 rings (SSSR count). The van der Waals surface area contributed by atoms with Gasteiger partial charge in [0.25, 0.3) is 17.5 Å². The lowest BCUT2D eigenvalue weighted by atomic mass is 10.2. The average Bonchev–Trinajstić information content (AvgIpc) is 2.83. The molecule has 0 fully saturated rings. The normalized spacial score (nSPS) is 14.3. The van der Waals surface area contributed by atoms with Gasteiger partial charge < -0.3 is 9.47 Å². The third-order valence-electron chi connectivity index (χ3n) is 4.58. The fourth-order valence-electron chi connectivity index (χ4n) is 2.96.